The number of halogens is 2. The lowest BCUT2D eigenvalue weighted by Crippen LogP contribution is -2.39. The number of methoxy groups -OCH3 is 1. The number of carbonyl (C=O) groups excluding carboxylic acids is 1. The number of benzene rings is 2. The maximum atomic E-state index is 13.9. The molecule has 2 aromatic rings. The van der Waals surface area contributed by atoms with E-state index in [1.165, 1.54) is 24.3 Å². The molecular formula is C23H30FIN4O2. The highest BCUT2D eigenvalue weighted by Crippen LogP contribution is 2.23. The summed E-state index contributed by atoms with van der Waals surface area (Å²) in [6.45, 7) is 3.95. The first-order chi connectivity index (χ1) is 14.5. The van der Waals surface area contributed by atoms with E-state index in [0.29, 0.717) is 38.4 Å². The normalized spacial score (nSPS) is 13.8. The third-order valence-corrected chi connectivity index (χ3v) is 5.31. The van der Waals surface area contributed by atoms with Gasteiger partial charge in [0.1, 0.15) is 0 Å². The molecule has 31 heavy (non-hydrogen) atoms. The van der Waals surface area contributed by atoms with Gasteiger partial charge in [0.15, 0.2) is 17.5 Å². The average Bonchev–Trinajstić information content (AvgIpc) is 3.20. The SMILES string of the molecule is CN=C(NCCCC(=O)N1Cc2ccccc2C1)NC(C)c1ccc(OC)c(F)c1.I. The first-order valence-electron chi connectivity index (χ1n) is 10.2. The highest BCUT2D eigenvalue weighted by atomic mass is 127. The topological polar surface area (TPSA) is 66.0 Å². The summed E-state index contributed by atoms with van der Waals surface area (Å²) in [5.74, 6) is 0.603. The van der Waals surface area contributed by atoms with Crippen molar-refractivity contribution in [3.8, 4) is 5.75 Å². The lowest BCUT2D eigenvalue weighted by Gasteiger charge is -2.19. The van der Waals surface area contributed by atoms with Crippen LogP contribution in [0.5, 0.6) is 5.75 Å². The largest absolute Gasteiger partial charge is 0.494 e. The van der Waals surface area contributed by atoms with E-state index in [9.17, 15) is 9.18 Å². The van der Waals surface area contributed by atoms with Crippen LogP contribution in [0.2, 0.25) is 0 Å². The predicted molar refractivity (Wildman–Crippen MR) is 131 cm³/mol. The van der Waals surface area contributed by atoms with Gasteiger partial charge in [-0.2, -0.15) is 0 Å². The van der Waals surface area contributed by atoms with Crippen LogP contribution >= 0.6 is 24.0 Å². The molecule has 6 nitrogen and oxygen atoms in total. The van der Waals surface area contributed by atoms with Crippen molar-refractivity contribution in [1.29, 1.82) is 0 Å². The molecule has 0 saturated carbocycles. The molecule has 0 fully saturated rings. The van der Waals surface area contributed by atoms with Crippen molar-refractivity contribution in [2.75, 3.05) is 20.7 Å². The Labute approximate surface area is 200 Å². The van der Waals surface area contributed by atoms with E-state index in [0.717, 1.165) is 5.56 Å². The number of nitrogens with one attached hydrogen (secondary N) is 2. The van der Waals surface area contributed by atoms with Gasteiger partial charge in [0.25, 0.3) is 0 Å². The second-order valence-corrected chi connectivity index (χ2v) is 7.38. The zero-order valence-electron chi connectivity index (χ0n) is 18.2. The monoisotopic (exact) mass is 540 g/mol. The zero-order valence-corrected chi connectivity index (χ0v) is 20.5. The summed E-state index contributed by atoms with van der Waals surface area (Å²) >= 11 is 0. The van der Waals surface area contributed by atoms with Crippen LogP contribution in [0.25, 0.3) is 0 Å². The van der Waals surface area contributed by atoms with Crippen molar-refractivity contribution >= 4 is 35.8 Å². The Kier molecular flexibility index (Phi) is 9.54. The average molecular weight is 540 g/mol. The van der Waals surface area contributed by atoms with Gasteiger partial charge in [0.05, 0.1) is 13.2 Å². The van der Waals surface area contributed by atoms with Gasteiger partial charge in [0.2, 0.25) is 5.91 Å². The standard InChI is InChI=1S/C23H29FN4O2.HI/c1-16(17-10-11-21(30-3)20(24)13-17)27-23(25-2)26-12-6-9-22(29)28-14-18-7-4-5-8-19(18)15-28;/h4-5,7-8,10-11,13,16H,6,9,12,14-15H2,1-3H3,(H2,25,26,27);1H. The van der Waals surface area contributed by atoms with E-state index in [4.69, 9.17) is 4.74 Å². The van der Waals surface area contributed by atoms with Crippen molar-refractivity contribution in [2.45, 2.75) is 38.9 Å². The van der Waals surface area contributed by atoms with Crippen LogP contribution in [0.4, 0.5) is 4.39 Å². The number of fused-ring (bicyclic) bond motifs is 1. The summed E-state index contributed by atoms with van der Waals surface area (Å²) < 4.78 is 18.9. The maximum absolute atomic E-state index is 13.9. The van der Waals surface area contributed by atoms with Crippen LogP contribution in [-0.2, 0) is 17.9 Å². The number of amides is 1. The van der Waals surface area contributed by atoms with Crippen molar-refractivity contribution in [3.63, 3.8) is 0 Å². The molecule has 2 aromatic carbocycles. The molecule has 0 aliphatic carbocycles. The lowest BCUT2D eigenvalue weighted by atomic mass is 10.1. The van der Waals surface area contributed by atoms with Crippen molar-refractivity contribution in [3.05, 3.63) is 65.0 Å². The molecule has 1 amide bonds. The number of hydrogen-bond acceptors (Lipinski definition) is 3. The van der Waals surface area contributed by atoms with Gasteiger partial charge in [-0.1, -0.05) is 30.3 Å². The fraction of sp³-hybridized carbons (Fsp3) is 0.391. The van der Waals surface area contributed by atoms with Gasteiger partial charge < -0.3 is 20.3 Å². The summed E-state index contributed by atoms with van der Waals surface area (Å²) in [6.07, 6.45) is 1.19. The molecular weight excluding hydrogens is 510 g/mol. The van der Waals surface area contributed by atoms with Gasteiger partial charge in [-0.3, -0.25) is 9.79 Å². The van der Waals surface area contributed by atoms with Gasteiger partial charge >= 0.3 is 0 Å². The molecule has 0 radical (unpaired) electrons. The van der Waals surface area contributed by atoms with Gasteiger partial charge in [-0.25, -0.2) is 4.39 Å². The van der Waals surface area contributed by atoms with E-state index in [1.54, 1.807) is 13.1 Å². The van der Waals surface area contributed by atoms with Gasteiger partial charge in [-0.15, -0.1) is 24.0 Å². The van der Waals surface area contributed by atoms with Crippen LogP contribution in [-0.4, -0.2) is 37.5 Å². The third-order valence-electron chi connectivity index (χ3n) is 5.31. The minimum absolute atomic E-state index is 0. The van der Waals surface area contributed by atoms with Crippen LogP contribution in [0, 0.1) is 5.82 Å². The van der Waals surface area contributed by atoms with Crippen LogP contribution < -0.4 is 15.4 Å². The third kappa shape index (κ3) is 6.56. The predicted octanol–water partition coefficient (Wildman–Crippen LogP) is 4.00. The summed E-state index contributed by atoms with van der Waals surface area (Å²) in [6, 6.07) is 12.9. The number of hydrogen-bond donors (Lipinski definition) is 2. The molecule has 0 spiro atoms. The van der Waals surface area contributed by atoms with Crippen LogP contribution in [0.15, 0.2) is 47.5 Å². The molecule has 168 valence electrons. The smallest absolute Gasteiger partial charge is 0.223 e. The molecule has 1 aliphatic rings. The summed E-state index contributed by atoms with van der Waals surface area (Å²) in [5, 5.41) is 6.46. The molecule has 1 heterocycles. The minimum Gasteiger partial charge on any atom is -0.494 e. The summed E-state index contributed by atoms with van der Waals surface area (Å²) in [5.41, 5.74) is 3.26. The van der Waals surface area contributed by atoms with Crippen molar-refractivity contribution in [1.82, 2.24) is 15.5 Å². The zero-order chi connectivity index (χ0) is 21.5. The maximum Gasteiger partial charge on any atom is 0.223 e. The Morgan fingerprint density at radius 3 is 2.48 bits per heavy atom. The molecule has 2 N–H and O–H groups in total. The number of carbonyl (C=O) groups is 1. The molecule has 0 aromatic heterocycles. The van der Waals surface area contributed by atoms with Gasteiger partial charge in [0, 0.05) is 33.1 Å². The Balaban J connectivity index is 0.00000341. The van der Waals surface area contributed by atoms with E-state index in [-0.39, 0.29) is 41.7 Å². The summed E-state index contributed by atoms with van der Waals surface area (Å²) in [7, 11) is 3.13. The summed E-state index contributed by atoms with van der Waals surface area (Å²) in [4.78, 5) is 18.6. The highest BCUT2D eigenvalue weighted by Gasteiger charge is 2.22. The van der Waals surface area contributed by atoms with Crippen molar-refractivity contribution < 1.29 is 13.9 Å². The Hall–Kier alpha value is -2.36. The van der Waals surface area contributed by atoms with Crippen molar-refractivity contribution in [2.24, 2.45) is 4.99 Å². The number of guanidine groups is 1. The molecule has 0 saturated heterocycles. The Bertz CT molecular complexity index is 897. The van der Waals surface area contributed by atoms with E-state index in [2.05, 4.69) is 27.8 Å². The molecule has 8 heteroatoms. The lowest BCUT2D eigenvalue weighted by molar-refractivity contribution is -0.131. The number of rotatable bonds is 7. The first-order valence-corrected chi connectivity index (χ1v) is 10.2. The fourth-order valence-corrected chi connectivity index (χ4v) is 3.55. The second kappa shape index (κ2) is 11.9. The number of nitrogens with zero attached hydrogens (tertiary/aromatic N) is 2. The minimum atomic E-state index is -0.394. The molecule has 0 bridgehead atoms. The second-order valence-electron chi connectivity index (χ2n) is 7.38. The van der Waals surface area contributed by atoms with Gasteiger partial charge in [-0.05, 0) is 42.2 Å². The quantitative estimate of drug-likeness (QED) is 0.241. The highest BCUT2D eigenvalue weighted by molar-refractivity contribution is 14.0. The Morgan fingerprint density at radius 1 is 1.23 bits per heavy atom. The molecule has 1 atom stereocenters. The number of aliphatic imine (C=N–C) groups is 1. The molecule has 1 aliphatic heterocycles. The molecule has 3 rings (SSSR count). The van der Waals surface area contributed by atoms with Crippen LogP contribution in [0.1, 0.15) is 42.5 Å². The Morgan fingerprint density at radius 2 is 1.90 bits per heavy atom. The number of ether oxygens (including phenoxy) is 1. The van der Waals surface area contributed by atoms with E-state index >= 15 is 0 Å². The van der Waals surface area contributed by atoms with E-state index in [1.807, 2.05) is 30.0 Å². The fourth-order valence-electron chi connectivity index (χ4n) is 3.55. The van der Waals surface area contributed by atoms with E-state index < -0.39 is 5.82 Å². The molecule has 1 unspecified atom stereocenters. The van der Waals surface area contributed by atoms with Crippen LogP contribution in [0.3, 0.4) is 0 Å². The first kappa shape index (κ1) is 24.9.